The van der Waals surface area contributed by atoms with E-state index in [9.17, 15) is 0 Å². The molecule has 7 heteroatoms. The molecule has 0 N–H and O–H groups in total. The average molecular weight is 570 g/mol. The molecule has 0 bridgehead atoms. The van der Waals surface area contributed by atoms with Crippen molar-refractivity contribution in [3.8, 4) is 28.5 Å². The number of rotatable bonds is 3. The maximum absolute atomic E-state index is 4.83. The standard InChI is InChI=1S/C36H39N7/c1-20-37-21(2)40-33(39-20)24-11-16-30(29(17-24)34-41-22(3)38-23(4)42-34)43-31-18-25(35(5,6)7)12-14-27(31)28-15-13-26(19-32(28)43)36(8,9)10/h11-19H,1-10H3. The predicted molar refractivity (Wildman–Crippen MR) is 175 cm³/mol. The molecule has 0 aliphatic rings. The number of hydrogen-bond donors (Lipinski definition) is 0. The second-order valence-electron chi connectivity index (χ2n) is 13.5. The first-order valence-corrected chi connectivity index (χ1v) is 14.8. The second kappa shape index (κ2) is 10.0. The maximum atomic E-state index is 4.83. The summed E-state index contributed by atoms with van der Waals surface area (Å²) in [7, 11) is 0. The quantitative estimate of drug-likeness (QED) is 0.213. The third-order valence-corrected chi connectivity index (χ3v) is 7.95. The van der Waals surface area contributed by atoms with Crippen molar-refractivity contribution in [3.63, 3.8) is 0 Å². The maximum Gasteiger partial charge on any atom is 0.165 e. The van der Waals surface area contributed by atoms with Crippen molar-refractivity contribution in [2.45, 2.75) is 80.1 Å². The van der Waals surface area contributed by atoms with Crippen LogP contribution in [0.3, 0.4) is 0 Å². The van der Waals surface area contributed by atoms with Gasteiger partial charge in [0.25, 0.3) is 0 Å². The van der Waals surface area contributed by atoms with Crippen LogP contribution in [-0.4, -0.2) is 34.5 Å². The Hall–Kier alpha value is -4.52. The van der Waals surface area contributed by atoms with Gasteiger partial charge in [-0.3, -0.25) is 0 Å². The lowest BCUT2D eigenvalue weighted by molar-refractivity contribution is 0.591. The van der Waals surface area contributed by atoms with Crippen LogP contribution in [0.25, 0.3) is 50.3 Å². The molecule has 43 heavy (non-hydrogen) atoms. The van der Waals surface area contributed by atoms with Crippen LogP contribution < -0.4 is 0 Å². The van der Waals surface area contributed by atoms with Gasteiger partial charge in [-0.05, 0) is 80.0 Å². The van der Waals surface area contributed by atoms with Crippen LogP contribution in [0.4, 0.5) is 0 Å². The normalized spacial score (nSPS) is 12.4. The molecule has 0 saturated heterocycles. The number of fused-ring (bicyclic) bond motifs is 3. The highest BCUT2D eigenvalue weighted by molar-refractivity contribution is 6.10. The highest BCUT2D eigenvalue weighted by atomic mass is 15.0. The van der Waals surface area contributed by atoms with E-state index in [0.717, 1.165) is 27.8 Å². The Morgan fingerprint density at radius 2 is 0.930 bits per heavy atom. The van der Waals surface area contributed by atoms with Gasteiger partial charge in [0.15, 0.2) is 11.6 Å². The number of nitrogens with zero attached hydrogens (tertiary/aromatic N) is 7. The lowest BCUT2D eigenvalue weighted by Crippen LogP contribution is -2.11. The van der Waals surface area contributed by atoms with Gasteiger partial charge in [-0.1, -0.05) is 65.8 Å². The molecule has 0 aliphatic heterocycles. The largest absolute Gasteiger partial charge is 0.308 e. The summed E-state index contributed by atoms with van der Waals surface area (Å²) < 4.78 is 2.38. The molecular weight excluding hydrogens is 530 g/mol. The summed E-state index contributed by atoms with van der Waals surface area (Å²) in [4.78, 5) is 27.8. The fourth-order valence-corrected chi connectivity index (χ4v) is 5.74. The molecule has 7 nitrogen and oxygen atoms in total. The van der Waals surface area contributed by atoms with Crippen molar-refractivity contribution >= 4 is 21.8 Å². The minimum Gasteiger partial charge on any atom is -0.308 e. The van der Waals surface area contributed by atoms with Gasteiger partial charge in [0.05, 0.1) is 16.7 Å². The molecule has 0 radical (unpaired) electrons. The van der Waals surface area contributed by atoms with Crippen molar-refractivity contribution in [2.75, 3.05) is 0 Å². The third kappa shape index (κ3) is 5.29. The molecule has 6 rings (SSSR count). The van der Waals surface area contributed by atoms with Crippen LogP contribution in [0.2, 0.25) is 0 Å². The van der Waals surface area contributed by atoms with Crippen LogP contribution >= 0.6 is 0 Å². The van der Waals surface area contributed by atoms with Crippen molar-refractivity contribution in [1.29, 1.82) is 0 Å². The first-order chi connectivity index (χ1) is 20.2. The molecule has 0 aliphatic carbocycles. The van der Waals surface area contributed by atoms with Crippen LogP contribution in [0.15, 0.2) is 54.6 Å². The summed E-state index contributed by atoms with van der Waals surface area (Å²) in [5.74, 6) is 3.99. The third-order valence-electron chi connectivity index (χ3n) is 7.95. The Morgan fingerprint density at radius 3 is 1.37 bits per heavy atom. The summed E-state index contributed by atoms with van der Waals surface area (Å²) in [5.41, 5.74) is 7.62. The van der Waals surface area contributed by atoms with E-state index in [1.54, 1.807) is 0 Å². The van der Waals surface area contributed by atoms with Crippen molar-refractivity contribution < 1.29 is 0 Å². The van der Waals surface area contributed by atoms with E-state index < -0.39 is 0 Å². The summed E-state index contributed by atoms with van der Waals surface area (Å²) in [5, 5.41) is 2.43. The van der Waals surface area contributed by atoms with Crippen LogP contribution in [0, 0.1) is 27.7 Å². The number of aryl methyl sites for hydroxylation is 4. The zero-order chi connectivity index (χ0) is 30.8. The van der Waals surface area contributed by atoms with Gasteiger partial charge in [0, 0.05) is 21.9 Å². The SMILES string of the molecule is Cc1nc(C)nc(-c2ccc(-n3c4cc(C(C)(C)C)ccc4c4ccc(C(C)(C)C)cc43)c(-c3nc(C)nc(C)n3)c2)n1. The van der Waals surface area contributed by atoms with Gasteiger partial charge in [-0.2, -0.15) is 0 Å². The lowest BCUT2D eigenvalue weighted by atomic mass is 9.86. The van der Waals surface area contributed by atoms with Crippen LogP contribution in [-0.2, 0) is 10.8 Å². The summed E-state index contributed by atoms with van der Waals surface area (Å²) in [6.45, 7) is 21.2. The Balaban J connectivity index is 1.75. The molecule has 0 saturated carbocycles. The molecule has 3 aromatic carbocycles. The van der Waals surface area contributed by atoms with E-state index >= 15 is 0 Å². The average Bonchev–Trinajstić information content (AvgIpc) is 3.23. The molecular formula is C36H39N7. The van der Waals surface area contributed by atoms with E-state index in [1.807, 2.05) is 27.7 Å². The van der Waals surface area contributed by atoms with Crippen LogP contribution in [0.5, 0.6) is 0 Å². The topological polar surface area (TPSA) is 82.3 Å². The fraction of sp³-hybridized carbons (Fsp3) is 0.333. The molecule has 0 atom stereocenters. The van der Waals surface area contributed by atoms with Gasteiger partial charge in [0.2, 0.25) is 0 Å². The molecule has 0 fully saturated rings. The minimum atomic E-state index is -0.00439. The first kappa shape index (κ1) is 28.6. The molecule has 3 aromatic heterocycles. The Kier molecular flexibility index (Phi) is 6.68. The molecule has 6 aromatic rings. The predicted octanol–water partition coefficient (Wildman–Crippen LogP) is 8.32. The van der Waals surface area contributed by atoms with Gasteiger partial charge in [-0.25, -0.2) is 29.9 Å². The van der Waals surface area contributed by atoms with Crippen molar-refractivity contribution in [3.05, 3.63) is 89.0 Å². The molecule has 218 valence electrons. The highest BCUT2D eigenvalue weighted by Gasteiger charge is 2.23. The first-order valence-electron chi connectivity index (χ1n) is 14.8. The van der Waals surface area contributed by atoms with E-state index in [-0.39, 0.29) is 10.8 Å². The van der Waals surface area contributed by atoms with E-state index in [1.165, 1.54) is 21.9 Å². The van der Waals surface area contributed by atoms with Gasteiger partial charge >= 0.3 is 0 Å². The number of benzene rings is 3. The smallest absolute Gasteiger partial charge is 0.165 e. The minimum absolute atomic E-state index is 0.00439. The Labute approximate surface area is 253 Å². The fourth-order valence-electron chi connectivity index (χ4n) is 5.74. The van der Waals surface area contributed by atoms with Gasteiger partial charge in [0.1, 0.15) is 23.3 Å². The van der Waals surface area contributed by atoms with Crippen LogP contribution in [0.1, 0.15) is 76.0 Å². The zero-order valence-corrected chi connectivity index (χ0v) is 26.8. The monoisotopic (exact) mass is 569 g/mol. The number of aromatic nitrogens is 7. The van der Waals surface area contributed by atoms with Gasteiger partial charge < -0.3 is 4.57 Å². The zero-order valence-electron chi connectivity index (χ0n) is 26.8. The number of hydrogen-bond acceptors (Lipinski definition) is 6. The Bertz CT molecular complexity index is 1930. The summed E-state index contributed by atoms with van der Waals surface area (Å²) in [6.07, 6.45) is 0. The molecule has 0 amide bonds. The summed E-state index contributed by atoms with van der Waals surface area (Å²) >= 11 is 0. The van der Waals surface area contributed by atoms with E-state index in [0.29, 0.717) is 34.9 Å². The van der Waals surface area contributed by atoms with Gasteiger partial charge in [-0.15, -0.1) is 0 Å². The molecule has 0 unspecified atom stereocenters. The molecule has 3 heterocycles. The Morgan fingerprint density at radius 1 is 0.488 bits per heavy atom. The highest BCUT2D eigenvalue weighted by Crippen LogP contribution is 2.40. The van der Waals surface area contributed by atoms with Crippen molar-refractivity contribution in [1.82, 2.24) is 34.5 Å². The van der Waals surface area contributed by atoms with E-state index in [4.69, 9.17) is 9.97 Å². The second-order valence-corrected chi connectivity index (χ2v) is 13.5. The van der Waals surface area contributed by atoms with Crippen molar-refractivity contribution in [2.24, 2.45) is 0 Å². The summed E-state index contributed by atoms with van der Waals surface area (Å²) in [6, 6.07) is 20.1. The molecule has 0 spiro atoms. The lowest BCUT2D eigenvalue weighted by Gasteiger charge is -2.21. The van der Waals surface area contributed by atoms with E-state index in [2.05, 4.69) is 121 Å².